The molecule has 0 aromatic heterocycles. The highest BCUT2D eigenvalue weighted by Gasteiger charge is 2.20. The van der Waals surface area contributed by atoms with Crippen molar-refractivity contribution < 1.29 is 24.5 Å². The van der Waals surface area contributed by atoms with Crippen LogP contribution in [-0.4, -0.2) is 47.4 Å². The van der Waals surface area contributed by atoms with E-state index in [4.69, 9.17) is 4.74 Å². The predicted octanol–water partition coefficient (Wildman–Crippen LogP) is 17.1. The zero-order chi connectivity index (χ0) is 45.8. The largest absolute Gasteiger partial charge is 0.466 e. The van der Waals surface area contributed by atoms with Gasteiger partial charge in [0.05, 0.1) is 25.4 Å². The standard InChI is InChI=1S/C57H109NO5/c1-3-5-7-9-11-13-15-17-19-20-22-27-31-35-39-43-47-51-57(62)63-52-48-44-40-36-32-28-24-23-26-30-34-38-42-46-50-56(61)58-54(53-59)55(60)49-45-41-37-33-29-25-21-18-16-14-12-10-8-6-4-2/h11,13,17,19,54-55,59-60H,3-10,12,14-16,18,20-53H2,1-2H3,(H,58,61)/b13-11-,19-17-. The van der Waals surface area contributed by atoms with Crippen LogP contribution in [0.2, 0.25) is 0 Å². The van der Waals surface area contributed by atoms with E-state index in [2.05, 4.69) is 43.5 Å². The molecule has 0 aliphatic carbocycles. The number of allylic oxidation sites excluding steroid dienone is 4. The van der Waals surface area contributed by atoms with Gasteiger partial charge in [-0.15, -0.1) is 0 Å². The van der Waals surface area contributed by atoms with Crippen molar-refractivity contribution in [1.29, 1.82) is 0 Å². The van der Waals surface area contributed by atoms with Crippen LogP contribution in [-0.2, 0) is 14.3 Å². The molecule has 0 saturated carbocycles. The average molecular weight is 889 g/mol. The Bertz CT molecular complexity index is 982. The zero-order valence-corrected chi connectivity index (χ0v) is 42.3. The molecule has 0 fully saturated rings. The van der Waals surface area contributed by atoms with E-state index in [0.717, 1.165) is 57.8 Å². The molecule has 0 spiro atoms. The third kappa shape index (κ3) is 49.6. The lowest BCUT2D eigenvalue weighted by Crippen LogP contribution is -2.45. The van der Waals surface area contributed by atoms with Gasteiger partial charge in [-0.2, -0.15) is 0 Å². The number of amides is 1. The molecule has 0 saturated heterocycles. The summed E-state index contributed by atoms with van der Waals surface area (Å²) in [4.78, 5) is 24.5. The van der Waals surface area contributed by atoms with Gasteiger partial charge in [0.25, 0.3) is 0 Å². The number of carbonyl (C=O) groups excluding carboxylic acids is 2. The summed E-state index contributed by atoms with van der Waals surface area (Å²) in [6.07, 6.45) is 62.9. The van der Waals surface area contributed by atoms with Gasteiger partial charge in [-0.05, 0) is 57.8 Å². The van der Waals surface area contributed by atoms with Crippen molar-refractivity contribution in [3.8, 4) is 0 Å². The molecule has 6 heteroatoms. The number of hydrogen-bond acceptors (Lipinski definition) is 5. The van der Waals surface area contributed by atoms with E-state index in [-0.39, 0.29) is 18.5 Å². The first-order valence-corrected chi connectivity index (χ1v) is 28.1. The van der Waals surface area contributed by atoms with E-state index in [1.165, 1.54) is 212 Å². The van der Waals surface area contributed by atoms with Crippen molar-refractivity contribution in [2.24, 2.45) is 0 Å². The Balaban J connectivity index is 3.44. The third-order valence-electron chi connectivity index (χ3n) is 13.0. The van der Waals surface area contributed by atoms with Crippen molar-refractivity contribution in [3.63, 3.8) is 0 Å². The molecule has 0 aliphatic rings. The Morgan fingerprint density at radius 1 is 0.444 bits per heavy atom. The molecule has 0 aromatic carbocycles. The number of unbranched alkanes of at least 4 members (excludes halogenated alkanes) is 37. The summed E-state index contributed by atoms with van der Waals surface area (Å²) in [5.74, 6) is -0.0542. The van der Waals surface area contributed by atoms with Gasteiger partial charge in [0, 0.05) is 12.8 Å². The van der Waals surface area contributed by atoms with Crippen molar-refractivity contribution in [2.75, 3.05) is 13.2 Å². The second-order valence-electron chi connectivity index (χ2n) is 19.3. The number of esters is 1. The van der Waals surface area contributed by atoms with Crippen LogP contribution < -0.4 is 5.32 Å². The number of ether oxygens (including phenoxy) is 1. The van der Waals surface area contributed by atoms with Crippen LogP contribution in [0.25, 0.3) is 0 Å². The average Bonchev–Trinajstić information content (AvgIpc) is 3.28. The van der Waals surface area contributed by atoms with Crippen LogP contribution >= 0.6 is 0 Å². The SMILES string of the molecule is CCCCC/C=C\C/C=C\CCCCCCCCCC(=O)OCCCCCCCCCCCCCCCCC(=O)NC(CO)C(O)CCCCCCCCCCCCCCCCC. The van der Waals surface area contributed by atoms with Gasteiger partial charge in [-0.3, -0.25) is 9.59 Å². The molecule has 63 heavy (non-hydrogen) atoms. The molecule has 2 unspecified atom stereocenters. The molecule has 6 nitrogen and oxygen atoms in total. The van der Waals surface area contributed by atoms with Crippen molar-refractivity contribution in [2.45, 2.75) is 315 Å². The van der Waals surface area contributed by atoms with E-state index in [1.807, 2.05) is 0 Å². The Morgan fingerprint density at radius 3 is 1.24 bits per heavy atom. The Labute approximate surface area is 392 Å². The minimum absolute atomic E-state index is 0.00960. The molecule has 0 bridgehead atoms. The fraction of sp³-hybridized carbons (Fsp3) is 0.895. The second-order valence-corrected chi connectivity index (χ2v) is 19.3. The van der Waals surface area contributed by atoms with Crippen molar-refractivity contribution in [1.82, 2.24) is 5.32 Å². The molecular weight excluding hydrogens is 779 g/mol. The van der Waals surface area contributed by atoms with E-state index >= 15 is 0 Å². The highest BCUT2D eigenvalue weighted by molar-refractivity contribution is 5.76. The van der Waals surface area contributed by atoms with Gasteiger partial charge in [0.2, 0.25) is 5.91 Å². The number of carbonyl (C=O) groups is 2. The van der Waals surface area contributed by atoms with Crippen LogP contribution in [0, 0.1) is 0 Å². The highest BCUT2D eigenvalue weighted by atomic mass is 16.5. The number of hydrogen-bond donors (Lipinski definition) is 3. The van der Waals surface area contributed by atoms with E-state index in [9.17, 15) is 19.8 Å². The number of rotatable bonds is 52. The maximum absolute atomic E-state index is 12.5. The molecule has 3 N–H and O–H groups in total. The number of aliphatic hydroxyl groups excluding tert-OH is 2. The summed E-state index contributed by atoms with van der Waals surface area (Å²) in [7, 11) is 0. The van der Waals surface area contributed by atoms with E-state index in [1.54, 1.807) is 0 Å². The molecule has 0 radical (unpaired) electrons. The van der Waals surface area contributed by atoms with Crippen LogP contribution in [0.1, 0.15) is 303 Å². The lowest BCUT2D eigenvalue weighted by atomic mass is 10.0. The summed E-state index contributed by atoms with van der Waals surface area (Å²) < 4.78 is 5.47. The molecule has 1 amide bonds. The predicted molar refractivity (Wildman–Crippen MR) is 273 cm³/mol. The lowest BCUT2D eigenvalue weighted by molar-refractivity contribution is -0.143. The van der Waals surface area contributed by atoms with Crippen LogP contribution in [0.15, 0.2) is 24.3 Å². The van der Waals surface area contributed by atoms with Gasteiger partial charge >= 0.3 is 5.97 Å². The van der Waals surface area contributed by atoms with Gasteiger partial charge in [-0.25, -0.2) is 0 Å². The molecule has 372 valence electrons. The number of aliphatic hydroxyl groups is 2. The first-order valence-electron chi connectivity index (χ1n) is 28.1. The topological polar surface area (TPSA) is 95.9 Å². The minimum Gasteiger partial charge on any atom is -0.466 e. The van der Waals surface area contributed by atoms with Crippen molar-refractivity contribution in [3.05, 3.63) is 24.3 Å². The zero-order valence-electron chi connectivity index (χ0n) is 42.3. The van der Waals surface area contributed by atoms with Crippen LogP contribution in [0.3, 0.4) is 0 Å². The number of nitrogens with one attached hydrogen (secondary N) is 1. The molecule has 0 rings (SSSR count). The second kappa shape index (κ2) is 53.0. The Hall–Kier alpha value is -1.66. The summed E-state index contributed by atoms with van der Waals surface area (Å²) in [6, 6.07) is -0.549. The monoisotopic (exact) mass is 888 g/mol. The summed E-state index contributed by atoms with van der Waals surface area (Å²) in [5.41, 5.74) is 0. The molecule has 0 aromatic rings. The van der Waals surface area contributed by atoms with E-state index in [0.29, 0.717) is 25.9 Å². The first-order chi connectivity index (χ1) is 31.0. The molecular formula is C57H109NO5. The fourth-order valence-electron chi connectivity index (χ4n) is 8.67. The van der Waals surface area contributed by atoms with Crippen LogP contribution in [0.5, 0.6) is 0 Å². The van der Waals surface area contributed by atoms with Gasteiger partial charge in [-0.1, -0.05) is 256 Å². The molecule has 0 heterocycles. The normalized spacial score (nSPS) is 12.8. The Morgan fingerprint density at radius 2 is 0.794 bits per heavy atom. The highest BCUT2D eigenvalue weighted by Crippen LogP contribution is 2.17. The summed E-state index contributed by atoms with van der Waals surface area (Å²) >= 11 is 0. The smallest absolute Gasteiger partial charge is 0.305 e. The van der Waals surface area contributed by atoms with Crippen LogP contribution in [0.4, 0.5) is 0 Å². The minimum atomic E-state index is -0.671. The first kappa shape index (κ1) is 61.3. The maximum Gasteiger partial charge on any atom is 0.305 e. The van der Waals surface area contributed by atoms with Gasteiger partial charge < -0.3 is 20.3 Å². The summed E-state index contributed by atoms with van der Waals surface area (Å²) in [6.45, 7) is 4.91. The maximum atomic E-state index is 12.5. The third-order valence-corrected chi connectivity index (χ3v) is 13.0. The Kier molecular flexibility index (Phi) is 51.6. The lowest BCUT2D eigenvalue weighted by Gasteiger charge is -2.22. The van der Waals surface area contributed by atoms with E-state index < -0.39 is 12.1 Å². The molecule has 2 atom stereocenters. The quantitative estimate of drug-likeness (QED) is 0.0321. The van der Waals surface area contributed by atoms with Gasteiger partial charge in [0.1, 0.15) is 0 Å². The van der Waals surface area contributed by atoms with Crippen molar-refractivity contribution >= 4 is 11.9 Å². The summed E-state index contributed by atoms with van der Waals surface area (Å²) in [5, 5.41) is 23.3. The fourth-order valence-corrected chi connectivity index (χ4v) is 8.67. The van der Waals surface area contributed by atoms with Gasteiger partial charge in [0.15, 0.2) is 0 Å². The molecule has 0 aliphatic heterocycles.